The Bertz CT molecular complexity index is 919. The lowest BCUT2D eigenvalue weighted by molar-refractivity contribution is 0.386. The highest BCUT2D eigenvalue weighted by atomic mass is 35.5. The predicted molar refractivity (Wildman–Crippen MR) is 98.1 cm³/mol. The SMILES string of the molecule is COc1ccc(CSc2nnc(-c3ccc(Cl)cc3Cl)n2N)cc1F. The molecule has 0 spiro atoms. The maximum absolute atomic E-state index is 13.7. The van der Waals surface area contributed by atoms with Crippen LogP contribution in [0.5, 0.6) is 5.75 Å². The number of benzene rings is 2. The molecule has 0 saturated carbocycles. The molecular weight excluding hydrogens is 386 g/mol. The normalized spacial score (nSPS) is 10.9. The number of ether oxygens (including phenoxy) is 1. The van der Waals surface area contributed by atoms with E-state index in [0.29, 0.717) is 32.3 Å². The van der Waals surface area contributed by atoms with Gasteiger partial charge in [0.15, 0.2) is 17.4 Å². The molecule has 2 N–H and O–H groups in total. The third-order valence-electron chi connectivity index (χ3n) is 3.42. The molecule has 0 radical (unpaired) electrons. The van der Waals surface area contributed by atoms with Crippen molar-refractivity contribution < 1.29 is 9.13 Å². The van der Waals surface area contributed by atoms with Gasteiger partial charge in [-0.3, -0.25) is 0 Å². The first-order chi connectivity index (χ1) is 12.0. The summed E-state index contributed by atoms with van der Waals surface area (Å²) in [6, 6.07) is 9.82. The topological polar surface area (TPSA) is 66.0 Å². The molecule has 1 aromatic heterocycles. The number of methoxy groups -OCH3 is 1. The van der Waals surface area contributed by atoms with Crippen LogP contribution in [0.1, 0.15) is 5.56 Å². The molecule has 0 fully saturated rings. The van der Waals surface area contributed by atoms with E-state index in [9.17, 15) is 4.39 Å². The molecular formula is C16H13Cl2FN4OS. The number of hydrogen-bond acceptors (Lipinski definition) is 5. The van der Waals surface area contributed by atoms with Crippen LogP contribution in [0.2, 0.25) is 10.0 Å². The zero-order valence-corrected chi connectivity index (χ0v) is 15.4. The van der Waals surface area contributed by atoms with Gasteiger partial charge in [-0.15, -0.1) is 10.2 Å². The van der Waals surface area contributed by atoms with Crippen LogP contribution >= 0.6 is 35.0 Å². The Balaban J connectivity index is 1.78. The van der Waals surface area contributed by atoms with Crippen LogP contribution < -0.4 is 10.6 Å². The number of nitrogens with two attached hydrogens (primary N) is 1. The molecule has 3 rings (SSSR count). The number of hydrogen-bond donors (Lipinski definition) is 1. The lowest BCUT2D eigenvalue weighted by Gasteiger charge is -2.07. The molecule has 0 saturated heterocycles. The van der Waals surface area contributed by atoms with Crippen LogP contribution in [0.25, 0.3) is 11.4 Å². The smallest absolute Gasteiger partial charge is 0.210 e. The Morgan fingerprint density at radius 2 is 2.00 bits per heavy atom. The molecule has 0 aliphatic rings. The fourth-order valence-electron chi connectivity index (χ4n) is 2.18. The van der Waals surface area contributed by atoms with E-state index in [1.54, 1.807) is 30.3 Å². The van der Waals surface area contributed by atoms with Crippen LogP contribution in [-0.4, -0.2) is 22.0 Å². The van der Waals surface area contributed by atoms with Crippen molar-refractivity contribution in [3.05, 3.63) is 57.8 Å². The van der Waals surface area contributed by atoms with E-state index in [0.717, 1.165) is 5.56 Å². The maximum Gasteiger partial charge on any atom is 0.210 e. The monoisotopic (exact) mass is 398 g/mol. The molecule has 1 heterocycles. The molecule has 130 valence electrons. The lowest BCUT2D eigenvalue weighted by atomic mass is 10.2. The quantitative estimate of drug-likeness (QED) is 0.509. The largest absolute Gasteiger partial charge is 0.494 e. The molecule has 25 heavy (non-hydrogen) atoms. The molecule has 3 aromatic rings. The fourth-order valence-corrected chi connectivity index (χ4v) is 3.47. The highest BCUT2D eigenvalue weighted by Gasteiger charge is 2.15. The summed E-state index contributed by atoms with van der Waals surface area (Å²) < 4.78 is 20.0. The molecule has 5 nitrogen and oxygen atoms in total. The summed E-state index contributed by atoms with van der Waals surface area (Å²) in [7, 11) is 1.42. The summed E-state index contributed by atoms with van der Waals surface area (Å²) in [5.74, 6) is 6.76. The van der Waals surface area contributed by atoms with Crippen molar-refractivity contribution in [1.29, 1.82) is 0 Å². The van der Waals surface area contributed by atoms with Gasteiger partial charge in [-0.2, -0.15) is 0 Å². The minimum absolute atomic E-state index is 0.204. The van der Waals surface area contributed by atoms with Crippen LogP contribution in [0.15, 0.2) is 41.6 Å². The van der Waals surface area contributed by atoms with Crippen molar-refractivity contribution in [3.8, 4) is 17.1 Å². The first-order valence-electron chi connectivity index (χ1n) is 7.10. The van der Waals surface area contributed by atoms with E-state index >= 15 is 0 Å². The Labute approximate surface area is 157 Å². The molecule has 0 aliphatic heterocycles. The van der Waals surface area contributed by atoms with E-state index < -0.39 is 5.82 Å². The van der Waals surface area contributed by atoms with Gasteiger partial charge < -0.3 is 10.6 Å². The number of thioether (sulfide) groups is 1. The average Bonchev–Trinajstić information content (AvgIpc) is 2.94. The minimum Gasteiger partial charge on any atom is -0.494 e. The van der Waals surface area contributed by atoms with Gasteiger partial charge in [0, 0.05) is 16.3 Å². The average molecular weight is 399 g/mol. The standard InChI is InChI=1S/C16H13Cl2FN4OS/c1-24-14-5-2-9(6-13(14)19)8-25-16-22-21-15(23(16)20)11-4-3-10(17)7-12(11)18/h2-7H,8,20H2,1H3. The summed E-state index contributed by atoms with van der Waals surface area (Å²) in [6.45, 7) is 0. The Hall–Kier alpha value is -1.96. The zero-order valence-electron chi connectivity index (χ0n) is 13.0. The summed E-state index contributed by atoms with van der Waals surface area (Å²) in [6.07, 6.45) is 0. The summed E-state index contributed by atoms with van der Waals surface area (Å²) >= 11 is 13.4. The molecule has 0 bridgehead atoms. The molecule has 0 amide bonds. The molecule has 0 unspecified atom stereocenters. The molecule has 2 aromatic carbocycles. The highest BCUT2D eigenvalue weighted by Crippen LogP contribution is 2.31. The molecule has 9 heteroatoms. The number of nitrogen functional groups attached to an aromatic ring is 1. The van der Waals surface area contributed by atoms with Gasteiger partial charge in [-0.05, 0) is 35.9 Å². The second kappa shape index (κ2) is 7.51. The van der Waals surface area contributed by atoms with Gasteiger partial charge >= 0.3 is 0 Å². The van der Waals surface area contributed by atoms with Crippen molar-refractivity contribution in [1.82, 2.24) is 14.9 Å². The van der Waals surface area contributed by atoms with Gasteiger partial charge in [0.2, 0.25) is 5.16 Å². The van der Waals surface area contributed by atoms with Gasteiger partial charge in [0.05, 0.1) is 12.1 Å². The van der Waals surface area contributed by atoms with Crippen molar-refractivity contribution >= 4 is 35.0 Å². The van der Waals surface area contributed by atoms with E-state index in [-0.39, 0.29) is 5.75 Å². The van der Waals surface area contributed by atoms with E-state index in [1.165, 1.54) is 29.6 Å². The van der Waals surface area contributed by atoms with E-state index in [2.05, 4.69) is 10.2 Å². The first kappa shape index (κ1) is 17.8. The van der Waals surface area contributed by atoms with Gasteiger partial charge in [-0.1, -0.05) is 41.0 Å². The fraction of sp³-hybridized carbons (Fsp3) is 0.125. The second-order valence-corrected chi connectivity index (χ2v) is 6.84. The van der Waals surface area contributed by atoms with Crippen LogP contribution in [0, 0.1) is 5.82 Å². The van der Waals surface area contributed by atoms with Crippen molar-refractivity contribution in [2.45, 2.75) is 10.9 Å². The van der Waals surface area contributed by atoms with E-state index in [1.807, 2.05) is 0 Å². The summed E-state index contributed by atoms with van der Waals surface area (Å²) in [4.78, 5) is 0. The zero-order chi connectivity index (χ0) is 18.0. The minimum atomic E-state index is -0.413. The van der Waals surface area contributed by atoms with Crippen LogP contribution in [0.4, 0.5) is 4.39 Å². The highest BCUT2D eigenvalue weighted by molar-refractivity contribution is 7.98. The Kier molecular flexibility index (Phi) is 5.36. The number of nitrogens with zero attached hydrogens (tertiary/aromatic N) is 3. The Morgan fingerprint density at radius 1 is 1.20 bits per heavy atom. The lowest BCUT2D eigenvalue weighted by Crippen LogP contribution is -2.11. The molecule has 0 atom stereocenters. The second-order valence-electron chi connectivity index (χ2n) is 5.06. The summed E-state index contributed by atoms with van der Waals surface area (Å²) in [5.41, 5.74) is 1.40. The Morgan fingerprint density at radius 3 is 2.68 bits per heavy atom. The molecule has 0 aliphatic carbocycles. The van der Waals surface area contributed by atoms with Crippen molar-refractivity contribution in [3.63, 3.8) is 0 Å². The number of aromatic nitrogens is 3. The third kappa shape index (κ3) is 3.84. The maximum atomic E-state index is 13.7. The number of halogens is 3. The van der Waals surface area contributed by atoms with Gasteiger partial charge in [0.25, 0.3) is 0 Å². The van der Waals surface area contributed by atoms with Crippen molar-refractivity contribution in [2.75, 3.05) is 13.0 Å². The van der Waals surface area contributed by atoms with Crippen molar-refractivity contribution in [2.24, 2.45) is 0 Å². The predicted octanol–water partition coefficient (Wildman–Crippen LogP) is 4.41. The van der Waals surface area contributed by atoms with Gasteiger partial charge in [0.1, 0.15) is 0 Å². The number of rotatable bonds is 5. The van der Waals surface area contributed by atoms with E-state index in [4.69, 9.17) is 33.8 Å². The summed E-state index contributed by atoms with van der Waals surface area (Å²) in [5, 5.41) is 9.58. The van der Waals surface area contributed by atoms with Crippen LogP contribution in [0.3, 0.4) is 0 Å². The van der Waals surface area contributed by atoms with Crippen LogP contribution in [-0.2, 0) is 5.75 Å². The third-order valence-corrected chi connectivity index (χ3v) is 4.98. The van der Waals surface area contributed by atoms with Gasteiger partial charge in [-0.25, -0.2) is 9.07 Å². The first-order valence-corrected chi connectivity index (χ1v) is 8.85.